The second-order valence-corrected chi connectivity index (χ2v) is 8.37. The van der Waals surface area contributed by atoms with Crippen LogP contribution in [-0.2, 0) is 13.0 Å². The molecule has 0 aliphatic rings. The van der Waals surface area contributed by atoms with E-state index in [9.17, 15) is 4.79 Å². The highest BCUT2D eigenvalue weighted by Crippen LogP contribution is 2.28. The Bertz CT molecular complexity index is 1480. The molecule has 0 bridgehead atoms. The number of nitrogen functional groups attached to an aromatic ring is 1. The number of aryl methyl sites for hydroxylation is 1. The Balaban J connectivity index is 1.47. The van der Waals surface area contributed by atoms with Crippen molar-refractivity contribution in [2.75, 3.05) is 5.73 Å². The topological polar surface area (TPSA) is 120 Å². The van der Waals surface area contributed by atoms with Crippen LogP contribution < -0.4 is 11.4 Å². The van der Waals surface area contributed by atoms with Crippen LogP contribution in [0.4, 0.5) is 5.69 Å². The quantitative estimate of drug-likeness (QED) is 0.335. The van der Waals surface area contributed by atoms with Crippen LogP contribution in [0.15, 0.2) is 77.9 Å². The molecule has 3 heterocycles. The fourth-order valence-electron chi connectivity index (χ4n) is 4.19. The number of para-hydroxylation sites is 2. The smallest absolute Gasteiger partial charge is 0.333 e. The van der Waals surface area contributed by atoms with Gasteiger partial charge in [0.1, 0.15) is 5.69 Å². The van der Waals surface area contributed by atoms with Crippen LogP contribution in [-0.4, -0.2) is 34.7 Å². The Kier molecular flexibility index (Phi) is 6.21. The number of nitrogens with zero attached hydrogens (tertiary/aromatic N) is 6. The van der Waals surface area contributed by atoms with Crippen molar-refractivity contribution in [2.24, 2.45) is 0 Å². The molecule has 2 aromatic carbocycles. The Morgan fingerprint density at radius 1 is 1.03 bits per heavy atom. The summed E-state index contributed by atoms with van der Waals surface area (Å²) in [5.41, 5.74) is 12.0. The van der Waals surface area contributed by atoms with E-state index < -0.39 is 0 Å². The third-order valence-electron chi connectivity index (χ3n) is 6.03. The molecule has 0 saturated carbocycles. The lowest BCUT2D eigenvalue weighted by atomic mass is 10.0. The molecule has 3 aromatic heterocycles. The summed E-state index contributed by atoms with van der Waals surface area (Å²) in [6.45, 7) is 2.62. The Morgan fingerprint density at radius 2 is 1.86 bits per heavy atom. The average molecular weight is 467 g/mol. The number of aromatic amines is 1. The predicted molar refractivity (Wildman–Crippen MR) is 135 cm³/mol. The minimum Gasteiger partial charge on any atom is -0.397 e. The maximum absolute atomic E-state index is 13.4. The van der Waals surface area contributed by atoms with Crippen molar-refractivity contribution in [3.05, 3.63) is 94.8 Å². The number of nitrogens with two attached hydrogens (primary N) is 1. The molecule has 9 heteroatoms. The fourth-order valence-corrected chi connectivity index (χ4v) is 4.19. The predicted octanol–water partition coefficient (Wildman–Crippen LogP) is 3.85. The first-order valence-electron chi connectivity index (χ1n) is 11.6. The number of imidazole rings is 1. The van der Waals surface area contributed by atoms with E-state index in [1.807, 2.05) is 71.4 Å². The number of pyridine rings is 1. The second kappa shape index (κ2) is 9.76. The third kappa shape index (κ3) is 4.48. The highest BCUT2D eigenvalue weighted by Gasteiger charge is 2.15. The molecule has 0 aliphatic carbocycles. The molecule has 0 fully saturated rings. The summed E-state index contributed by atoms with van der Waals surface area (Å²) in [7, 11) is 0. The Labute approximate surface area is 202 Å². The van der Waals surface area contributed by atoms with E-state index in [0.717, 1.165) is 41.6 Å². The van der Waals surface area contributed by atoms with Gasteiger partial charge in [-0.15, -0.1) is 5.10 Å². The van der Waals surface area contributed by atoms with Gasteiger partial charge >= 0.3 is 5.69 Å². The maximum Gasteiger partial charge on any atom is 0.333 e. The van der Waals surface area contributed by atoms with Gasteiger partial charge in [-0.2, -0.15) is 0 Å². The Hall–Kier alpha value is -4.53. The molecular formula is C26H26N8O. The molecule has 176 valence electrons. The van der Waals surface area contributed by atoms with Gasteiger partial charge in [0.05, 0.1) is 17.9 Å². The maximum atomic E-state index is 13.4. The molecular weight excluding hydrogens is 440 g/mol. The molecule has 0 aliphatic heterocycles. The van der Waals surface area contributed by atoms with Crippen molar-refractivity contribution in [2.45, 2.75) is 32.7 Å². The number of anilines is 1. The Morgan fingerprint density at radius 3 is 2.60 bits per heavy atom. The zero-order chi connectivity index (χ0) is 24.2. The molecule has 5 aromatic rings. The SMILES string of the molecule is CCCCc1cn(-c2ccccc2N)c(=O)n1Cc1ccc(-c2cccnc2-c2nnn[nH]2)cc1. The van der Waals surface area contributed by atoms with Crippen LogP contribution in [0.2, 0.25) is 0 Å². The van der Waals surface area contributed by atoms with E-state index in [4.69, 9.17) is 5.73 Å². The summed E-state index contributed by atoms with van der Waals surface area (Å²) in [5.74, 6) is 0.512. The van der Waals surface area contributed by atoms with Crippen LogP contribution in [0.1, 0.15) is 31.0 Å². The zero-order valence-electron chi connectivity index (χ0n) is 19.4. The van der Waals surface area contributed by atoms with Gasteiger partial charge in [0.2, 0.25) is 0 Å². The highest BCUT2D eigenvalue weighted by atomic mass is 16.1. The molecule has 5 rings (SSSR count). The number of nitrogens with one attached hydrogen (secondary N) is 1. The lowest BCUT2D eigenvalue weighted by molar-refractivity contribution is 0.674. The van der Waals surface area contributed by atoms with E-state index in [1.54, 1.807) is 10.8 Å². The van der Waals surface area contributed by atoms with E-state index in [2.05, 4.69) is 32.5 Å². The lowest BCUT2D eigenvalue weighted by Crippen LogP contribution is -2.25. The number of H-pyrrole nitrogens is 1. The van der Waals surface area contributed by atoms with Gasteiger partial charge in [-0.25, -0.2) is 9.89 Å². The molecule has 0 atom stereocenters. The van der Waals surface area contributed by atoms with Gasteiger partial charge in [0.25, 0.3) is 0 Å². The molecule has 9 nitrogen and oxygen atoms in total. The number of tetrazole rings is 1. The molecule has 35 heavy (non-hydrogen) atoms. The van der Waals surface area contributed by atoms with Crippen molar-refractivity contribution in [3.63, 3.8) is 0 Å². The number of hydrogen-bond acceptors (Lipinski definition) is 6. The third-order valence-corrected chi connectivity index (χ3v) is 6.03. The summed E-state index contributed by atoms with van der Waals surface area (Å²) in [4.78, 5) is 17.9. The minimum atomic E-state index is -0.0922. The van der Waals surface area contributed by atoms with Crippen molar-refractivity contribution in [1.29, 1.82) is 0 Å². The first-order valence-corrected chi connectivity index (χ1v) is 11.6. The number of benzene rings is 2. The first-order chi connectivity index (χ1) is 17.2. The van der Waals surface area contributed by atoms with Gasteiger partial charge in [0.15, 0.2) is 5.82 Å². The largest absolute Gasteiger partial charge is 0.397 e. The summed E-state index contributed by atoms with van der Waals surface area (Å²) < 4.78 is 3.49. The van der Waals surface area contributed by atoms with Crippen LogP contribution in [0.25, 0.3) is 28.3 Å². The summed E-state index contributed by atoms with van der Waals surface area (Å²) in [6, 6.07) is 19.4. The van der Waals surface area contributed by atoms with Gasteiger partial charge in [0, 0.05) is 23.7 Å². The molecule has 0 radical (unpaired) electrons. The van der Waals surface area contributed by atoms with Crippen LogP contribution in [0.3, 0.4) is 0 Å². The normalized spacial score (nSPS) is 11.1. The van der Waals surface area contributed by atoms with E-state index in [1.165, 1.54) is 0 Å². The second-order valence-electron chi connectivity index (χ2n) is 8.37. The van der Waals surface area contributed by atoms with Crippen molar-refractivity contribution >= 4 is 5.69 Å². The van der Waals surface area contributed by atoms with Crippen LogP contribution >= 0.6 is 0 Å². The number of hydrogen-bond donors (Lipinski definition) is 2. The van der Waals surface area contributed by atoms with E-state index in [-0.39, 0.29) is 5.69 Å². The average Bonchev–Trinajstić information content (AvgIpc) is 3.53. The standard InChI is InChI=1S/C26H26N8O/c1-2-3-7-20-17-34(23-10-5-4-9-22(23)27)26(35)33(20)16-18-11-13-19(14-12-18)21-8-6-15-28-24(21)25-29-31-32-30-25/h4-6,8-15,17H,2-3,7,16,27H2,1H3,(H,29,30,31,32). The number of rotatable bonds is 8. The summed E-state index contributed by atoms with van der Waals surface area (Å²) in [6.07, 6.45) is 6.52. The lowest BCUT2D eigenvalue weighted by Gasteiger charge is -2.10. The number of aromatic nitrogens is 7. The molecule has 0 saturated heterocycles. The van der Waals surface area contributed by atoms with Crippen molar-refractivity contribution < 1.29 is 0 Å². The van der Waals surface area contributed by atoms with Crippen molar-refractivity contribution in [3.8, 4) is 28.3 Å². The van der Waals surface area contributed by atoms with Crippen molar-refractivity contribution in [1.82, 2.24) is 34.7 Å². The van der Waals surface area contributed by atoms with E-state index >= 15 is 0 Å². The highest BCUT2D eigenvalue weighted by molar-refractivity contribution is 5.77. The van der Waals surface area contributed by atoms with Gasteiger partial charge in [-0.3, -0.25) is 14.1 Å². The summed E-state index contributed by atoms with van der Waals surface area (Å²) in [5, 5.41) is 14.1. The first kappa shape index (κ1) is 22.3. The van der Waals surface area contributed by atoms with Crippen LogP contribution in [0, 0.1) is 0 Å². The van der Waals surface area contributed by atoms with Gasteiger partial charge in [-0.1, -0.05) is 55.8 Å². The van der Waals surface area contributed by atoms with Crippen LogP contribution in [0.5, 0.6) is 0 Å². The minimum absolute atomic E-state index is 0.0922. The van der Waals surface area contributed by atoms with Gasteiger partial charge < -0.3 is 5.73 Å². The molecule has 3 N–H and O–H groups in total. The molecule has 0 amide bonds. The monoisotopic (exact) mass is 466 g/mol. The van der Waals surface area contributed by atoms with E-state index in [0.29, 0.717) is 29.4 Å². The summed E-state index contributed by atoms with van der Waals surface area (Å²) >= 11 is 0. The molecule has 0 spiro atoms. The van der Waals surface area contributed by atoms with Gasteiger partial charge in [-0.05, 0) is 52.6 Å². The zero-order valence-corrected chi connectivity index (χ0v) is 19.4. The molecule has 0 unspecified atom stereocenters. The number of unbranched alkanes of at least 4 members (excludes halogenated alkanes) is 1. The fraction of sp³-hybridized carbons (Fsp3) is 0.192.